The smallest absolute Gasteiger partial charge is 0.355 e. The Hall–Kier alpha value is -4.44. The summed E-state index contributed by atoms with van der Waals surface area (Å²) in [6.45, 7) is 3.97. The van der Waals surface area contributed by atoms with Gasteiger partial charge in [0.1, 0.15) is 11.4 Å². The maximum Gasteiger partial charge on any atom is 0.355 e. The van der Waals surface area contributed by atoms with E-state index >= 15 is 0 Å². The molecule has 2 aromatic carbocycles. The number of piperazine rings is 1. The number of benzene rings is 2. The second kappa shape index (κ2) is 11.5. The van der Waals surface area contributed by atoms with Gasteiger partial charge >= 0.3 is 11.9 Å². The molecular formula is C27H28N4O6. The summed E-state index contributed by atoms with van der Waals surface area (Å²) in [6, 6.07) is 15.0. The maximum absolute atomic E-state index is 12.8. The van der Waals surface area contributed by atoms with Gasteiger partial charge < -0.3 is 19.3 Å². The number of anilines is 2. The molecule has 2 aliphatic heterocycles. The number of allylic oxidation sites excluding steroid dienone is 2. The van der Waals surface area contributed by atoms with E-state index in [1.54, 1.807) is 24.3 Å². The van der Waals surface area contributed by atoms with Crippen molar-refractivity contribution in [3.63, 3.8) is 0 Å². The zero-order chi connectivity index (χ0) is 26.4. The summed E-state index contributed by atoms with van der Waals surface area (Å²) in [5.41, 5.74) is 1.69. The summed E-state index contributed by atoms with van der Waals surface area (Å²) in [6.07, 6.45) is 6.04. The molecule has 0 radical (unpaired) electrons. The normalized spacial score (nSPS) is 15.9. The molecule has 0 amide bonds. The number of methoxy groups -OCH3 is 2. The highest BCUT2D eigenvalue weighted by atomic mass is 16.6. The lowest BCUT2D eigenvalue weighted by Gasteiger charge is -2.36. The van der Waals surface area contributed by atoms with Gasteiger partial charge in [-0.1, -0.05) is 36.4 Å². The van der Waals surface area contributed by atoms with Gasteiger partial charge in [-0.05, 0) is 29.8 Å². The van der Waals surface area contributed by atoms with Crippen LogP contribution in [0.3, 0.4) is 0 Å². The third-order valence-electron chi connectivity index (χ3n) is 6.29. The van der Waals surface area contributed by atoms with E-state index in [1.807, 2.05) is 18.2 Å². The van der Waals surface area contributed by atoms with Crippen molar-refractivity contribution >= 4 is 29.0 Å². The second-order valence-corrected chi connectivity index (χ2v) is 8.50. The zero-order valence-corrected chi connectivity index (χ0v) is 20.7. The molecule has 2 heterocycles. The molecule has 10 heteroatoms. The number of hydrogen-bond acceptors (Lipinski definition) is 9. The summed E-state index contributed by atoms with van der Waals surface area (Å²) < 4.78 is 9.78. The average Bonchev–Trinajstić information content (AvgIpc) is 3.16. The Morgan fingerprint density at radius 3 is 2.30 bits per heavy atom. The van der Waals surface area contributed by atoms with Gasteiger partial charge in [0.15, 0.2) is 0 Å². The van der Waals surface area contributed by atoms with Gasteiger partial charge in [-0.2, -0.15) is 0 Å². The van der Waals surface area contributed by atoms with Crippen LogP contribution in [0.25, 0.3) is 0 Å². The number of rotatable bonds is 7. The second-order valence-electron chi connectivity index (χ2n) is 8.50. The van der Waals surface area contributed by atoms with E-state index in [9.17, 15) is 19.7 Å². The minimum atomic E-state index is -0.828. The van der Waals surface area contributed by atoms with E-state index in [1.165, 1.54) is 43.0 Å². The largest absolute Gasteiger partial charge is 0.465 e. The number of hydrogen-bond donors (Lipinski definition) is 0. The van der Waals surface area contributed by atoms with Crippen LogP contribution in [0.15, 0.2) is 84.2 Å². The van der Waals surface area contributed by atoms with Crippen molar-refractivity contribution < 1.29 is 24.0 Å². The molecule has 2 aliphatic rings. The van der Waals surface area contributed by atoms with E-state index in [4.69, 9.17) is 9.47 Å². The average molecular weight is 505 g/mol. The molecule has 192 valence electrons. The van der Waals surface area contributed by atoms with Crippen LogP contribution in [0.5, 0.6) is 0 Å². The lowest BCUT2D eigenvalue weighted by Crippen LogP contribution is -2.46. The van der Waals surface area contributed by atoms with Gasteiger partial charge in [-0.25, -0.2) is 9.59 Å². The van der Waals surface area contributed by atoms with Crippen molar-refractivity contribution in [2.45, 2.75) is 6.54 Å². The standard InChI is InChI=1S/C27H28N4O6/c1-36-26(32)22-10-6-7-13-30(25(22)27(33)37-2)24-18-21(11-12-23(24)31(34)35)29-16-14-28(15-17-29)19-20-8-4-3-5-9-20/h3-13,18H,14-17,19H2,1-2H3. The summed E-state index contributed by atoms with van der Waals surface area (Å²) >= 11 is 0. The zero-order valence-electron chi connectivity index (χ0n) is 20.7. The van der Waals surface area contributed by atoms with Crippen LogP contribution in [0.4, 0.5) is 17.1 Å². The predicted molar refractivity (Wildman–Crippen MR) is 139 cm³/mol. The fraction of sp³-hybridized carbons (Fsp3) is 0.259. The number of nitro benzene ring substituents is 1. The van der Waals surface area contributed by atoms with Crippen molar-refractivity contribution in [2.75, 3.05) is 50.2 Å². The fourth-order valence-electron chi connectivity index (χ4n) is 4.41. The van der Waals surface area contributed by atoms with Gasteiger partial charge in [0.25, 0.3) is 5.69 Å². The van der Waals surface area contributed by atoms with Crippen LogP contribution in [-0.2, 0) is 25.6 Å². The summed E-state index contributed by atoms with van der Waals surface area (Å²) in [4.78, 5) is 42.6. The molecule has 0 aromatic heterocycles. The van der Waals surface area contributed by atoms with Crippen molar-refractivity contribution in [1.29, 1.82) is 0 Å². The molecule has 1 fully saturated rings. The van der Waals surface area contributed by atoms with E-state index in [0.717, 1.165) is 38.4 Å². The first-order chi connectivity index (χ1) is 17.9. The van der Waals surface area contributed by atoms with E-state index in [2.05, 4.69) is 21.9 Å². The first-order valence-electron chi connectivity index (χ1n) is 11.8. The highest BCUT2D eigenvalue weighted by Gasteiger charge is 2.32. The topological polar surface area (TPSA) is 105 Å². The molecule has 10 nitrogen and oxygen atoms in total. The third-order valence-corrected chi connectivity index (χ3v) is 6.29. The van der Waals surface area contributed by atoms with E-state index in [0.29, 0.717) is 0 Å². The molecule has 0 N–H and O–H groups in total. The first kappa shape index (κ1) is 25.6. The Morgan fingerprint density at radius 2 is 1.65 bits per heavy atom. The molecule has 0 aliphatic carbocycles. The lowest BCUT2D eigenvalue weighted by atomic mass is 10.1. The SMILES string of the molecule is COC(=O)C1=C(C(=O)OC)N(c2cc(N3CCN(Cc4ccccc4)CC3)ccc2[N+](=O)[O-])C=CC=C1. The number of carbonyl (C=O) groups is 2. The quantitative estimate of drug-likeness (QED) is 0.319. The van der Waals surface area contributed by atoms with Crippen molar-refractivity contribution in [1.82, 2.24) is 4.90 Å². The summed E-state index contributed by atoms with van der Waals surface area (Å²) in [7, 11) is 2.38. The van der Waals surface area contributed by atoms with Gasteiger partial charge in [0.2, 0.25) is 0 Å². The molecule has 0 unspecified atom stereocenters. The van der Waals surface area contributed by atoms with E-state index in [-0.39, 0.29) is 22.6 Å². The van der Waals surface area contributed by atoms with Crippen molar-refractivity contribution in [3.8, 4) is 0 Å². The Kier molecular flexibility index (Phi) is 7.99. The predicted octanol–water partition coefficient (Wildman–Crippen LogP) is 3.41. The Labute approximate surface area is 214 Å². The first-order valence-corrected chi connectivity index (χ1v) is 11.8. The third kappa shape index (κ3) is 5.70. The Morgan fingerprint density at radius 1 is 0.946 bits per heavy atom. The Balaban J connectivity index is 1.66. The summed E-state index contributed by atoms with van der Waals surface area (Å²) in [5, 5.41) is 12.0. The molecule has 1 saturated heterocycles. The molecule has 2 aromatic rings. The van der Waals surface area contributed by atoms with Crippen molar-refractivity contribution in [3.05, 3.63) is 99.9 Å². The highest BCUT2D eigenvalue weighted by molar-refractivity contribution is 6.06. The number of ether oxygens (including phenoxy) is 2. The number of nitro groups is 1. The monoisotopic (exact) mass is 504 g/mol. The number of esters is 2. The van der Waals surface area contributed by atoms with Crippen LogP contribution in [-0.4, -0.2) is 62.2 Å². The molecule has 4 rings (SSSR count). The molecule has 0 saturated carbocycles. The number of nitrogens with zero attached hydrogens (tertiary/aromatic N) is 4. The van der Waals surface area contributed by atoms with Crippen LogP contribution in [0.1, 0.15) is 5.56 Å². The van der Waals surface area contributed by atoms with Gasteiger partial charge in [-0.3, -0.25) is 15.0 Å². The molecule has 0 spiro atoms. The van der Waals surface area contributed by atoms with Crippen LogP contribution in [0.2, 0.25) is 0 Å². The minimum Gasteiger partial charge on any atom is -0.465 e. The molecule has 0 bridgehead atoms. The van der Waals surface area contributed by atoms with Gasteiger partial charge in [0.05, 0.1) is 24.7 Å². The van der Waals surface area contributed by atoms with Gasteiger partial charge in [-0.15, -0.1) is 0 Å². The highest BCUT2D eigenvalue weighted by Crippen LogP contribution is 2.37. The minimum absolute atomic E-state index is 0.0754. The fourth-order valence-corrected chi connectivity index (χ4v) is 4.41. The number of carbonyl (C=O) groups excluding carboxylic acids is 2. The van der Waals surface area contributed by atoms with Gasteiger partial charge in [0, 0.05) is 50.7 Å². The van der Waals surface area contributed by atoms with Crippen molar-refractivity contribution in [2.24, 2.45) is 0 Å². The molecule has 37 heavy (non-hydrogen) atoms. The Bertz CT molecular complexity index is 1260. The van der Waals surface area contributed by atoms with Crippen LogP contribution < -0.4 is 9.80 Å². The summed E-state index contributed by atoms with van der Waals surface area (Å²) in [5.74, 6) is -1.59. The molecular weight excluding hydrogens is 476 g/mol. The van der Waals surface area contributed by atoms with Crippen LogP contribution in [0, 0.1) is 10.1 Å². The maximum atomic E-state index is 12.8. The lowest BCUT2D eigenvalue weighted by molar-refractivity contribution is -0.384. The van der Waals surface area contributed by atoms with Crippen LogP contribution >= 0.6 is 0 Å². The molecule has 0 atom stereocenters. The van der Waals surface area contributed by atoms with E-state index < -0.39 is 16.9 Å².